The van der Waals surface area contributed by atoms with Crippen LogP contribution in [-0.4, -0.2) is 39.1 Å². The van der Waals surface area contributed by atoms with Crippen LogP contribution in [0.3, 0.4) is 0 Å². The number of nitrogens with two attached hydrogens (primary N) is 1. The van der Waals surface area contributed by atoms with Crippen molar-refractivity contribution in [2.24, 2.45) is 5.84 Å². The minimum Gasteiger partial charge on any atom is -0.393 e. The van der Waals surface area contributed by atoms with Gasteiger partial charge in [0.25, 0.3) is 5.91 Å². The molecule has 2 saturated heterocycles. The van der Waals surface area contributed by atoms with Crippen LogP contribution in [-0.2, 0) is 0 Å². The largest absolute Gasteiger partial charge is 0.393 e. The number of pyridine rings is 1. The van der Waals surface area contributed by atoms with Crippen molar-refractivity contribution in [3.63, 3.8) is 0 Å². The minimum atomic E-state index is -0.290. The molecular formula is C13H17ClN4O2. The summed E-state index contributed by atoms with van der Waals surface area (Å²) in [5.74, 6) is 5.55. The van der Waals surface area contributed by atoms with Crippen LogP contribution in [0, 0.1) is 0 Å². The third-order valence-corrected chi connectivity index (χ3v) is 4.46. The molecule has 4 N–H and O–H groups in total. The average molecular weight is 297 g/mol. The van der Waals surface area contributed by atoms with Crippen molar-refractivity contribution in [2.75, 3.05) is 5.43 Å². The van der Waals surface area contributed by atoms with Crippen molar-refractivity contribution < 1.29 is 9.90 Å². The van der Waals surface area contributed by atoms with Gasteiger partial charge in [0, 0.05) is 18.3 Å². The van der Waals surface area contributed by atoms with Crippen molar-refractivity contribution in [1.29, 1.82) is 0 Å². The molecular weight excluding hydrogens is 280 g/mol. The Balaban J connectivity index is 1.84. The second-order valence-corrected chi connectivity index (χ2v) is 5.83. The Bertz CT molecular complexity index is 525. The van der Waals surface area contributed by atoms with Gasteiger partial charge in [-0.3, -0.25) is 4.79 Å². The van der Waals surface area contributed by atoms with Crippen LogP contribution in [0.1, 0.15) is 36.0 Å². The summed E-state index contributed by atoms with van der Waals surface area (Å²) < 4.78 is 0. The van der Waals surface area contributed by atoms with E-state index >= 15 is 0 Å². The van der Waals surface area contributed by atoms with E-state index in [0.29, 0.717) is 29.2 Å². The number of carbonyl (C=O) groups excluding carboxylic acids is 1. The number of fused-ring (bicyclic) bond motifs is 2. The molecule has 6 nitrogen and oxygen atoms in total. The van der Waals surface area contributed by atoms with Crippen LogP contribution in [0.15, 0.2) is 12.3 Å². The predicted molar refractivity (Wildman–Crippen MR) is 75.3 cm³/mol. The fourth-order valence-corrected chi connectivity index (χ4v) is 3.51. The molecule has 2 atom stereocenters. The zero-order chi connectivity index (χ0) is 14.3. The lowest BCUT2D eigenvalue weighted by Crippen LogP contribution is -2.48. The van der Waals surface area contributed by atoms with E-state index in [4.69, 9.17) is 17.4 Å². The topological polar surface area (TPSA) is 91.5 Å². The van der Waals surface area contributed by atoms with Crippen LogP contribution in [0.2, 0.25) is 5.02 Å². The van der Waals surface area contributed by atoms with Gasteiger partial charge in [0.15, 0.2) is 5.82 Å². The van der Waals surface area contributed by atoms with E-state index in [9.17, 15) is 9.90 Å². The number of nitrogen functional groups attached to an aromatic ring is 1. The second kappa shape index (κ2) is 5.20. The molecule has 0 aromatic carbocycles. The van der Waals surface area contributed by atoms with Gasteiger partial charge in [0.2, 0.25) is 0 Å². The third kappa shape index (κ3) is 2.24. The Hall–Kier alpha value is -1.37. The van der Waals surface area contributed by atoms with Crippen molar-refractivity contribution >= 4 is 23.3 Å². The molecule has 3 heterocycles. The summed E-state index contributed by atoms with van der Waals surface area (Å²) in [4.78, 5) is 18.5. The summed E-state index contributed by atoms with van der Waals surface area (Å²) >= 11 is 6.01. The Morgan fingerprint density at radius 1 is 1.45 bits per heavy atom. The van der Waals surface area contributed by atoms with E-state index in [0.717, 1.165) is 12.8 Å². The lowest BCUT2D eigenvalue weighted by Gasteiger charge is -2.37. The van der Waals surface area contributed by atoms with Gasteiger partial charge in [0.1, 0.15) is 0 Å². The highest BCUT2D eigenvalue weighted by Gasteiger charge is 2.43. The average Bonchev–Trinajstić information content (AvgIpc) is 2.70. The molecule has 0 saturated carbocycles. The standard InChI is InChI=1S/C13H17ClN4O2/c14-11-3-7(6-16-12(11)17-15)13(20)18-8-1-2-9(18)5-10(19)4-8/h3,6,8-10,19H,1-2,4-5,15H2,(H,16,17). The number of rotatable bonds is 2. The molecule has 2 fully saturated rings. The van der Waals surface area contributed by atoms with Crippen molar-refractivity contribution in [3.05, 3.63) is 22.8 Å². The fourth-order valence-electron chi connectivity index (χ4n) is 3.29. The number of aromatic nitrogens is 1. The molecule has 1 amide bonds. The van der Waals surface area contributed by atoms with E-state index in [1.807, 2.05) is 4.90 Å². The van der Waals surface area contributed by atoms with Crippen molar-refractivity contribution in [2.45, 2.75) is 43.9 Å². The number of carbonyl (C=O) groups is 1. The maximum atomic E-state index is 12.6. The first kappa shape index (κ1) is 13.6. The van der Waals surface area contributed by atoms with Crippen LogP contribution in [0.4, 0.5) is 5.82 Å². The Labute approximate surface area is 121 Å². The number of hydrogen-bond donors (Lipinski definition) is 3. The van der Waals surface area contributed by atoms with Gasteiger partial charge in [-0.05, 0) is 31.7 Å². The quantitative estimate of drug-likeness (QED) is 0.562. The summed E-state index contributed by atoms with van der Waals surface area (Å²) in [5, 5.41) is 10.1. The number of nitrogens with zero attached hydrogens (tertiary/aromatic N) is 2. The van der Waals surface area contributed by atoms with E-state index in [1.165, 1.54) is 6.20 Å². The first-order chi connectivity index (χ1) is 9.60. The van der Waals surface area contributed by atoms with E-state index in [2.05, 4.69) is 10.4 Å². The summed E-state index contributed by atoms with van der Waals surface area (Å²) in [6, 6.07) is 1.83. The molecule has 2 unspecified atom stereocenters. The highest BCUT2D eigenvalue weighted by atomic mass is 35.5. The smallest absolute Gasteiger partial charge is 0.255 e. The van der Waals surface area contributed by atoms with Crippen LogP contribution >= 0.6 is 11.6 Å². The summed E-state index contributed by atoms with van der Waals surface area (Å²) in [6.45, 7) is 0. The third-order valence-electron chi connectivity index (χ3n) is 4.17. The Morgan fingerprint density at radius 3 is 2.65 bits per heavy atom. The number of aliphatic hydroxyl groups is 1. The number of amides is 1. The predicted octanol–water partition coefficient (Wildman–Crippen LogP) is 1.15. The molecule has 0 spiro atoms. The molecule has 7 heteroatoms. The molecule has 2 bridgehead atoms. The number of nitrogens with one attached hydrogen (secondary N) is 1. The highest BCUT2D eigenvalue weighted by Crippen LogP contribution is 2.37. The zero-order valence-electron chi connectivity index (χ0n) is 10.9. The van der Waals surface area contributed by atoms with E-state index < -0.39 is 0 Å². The Kier molecular flexibility index (Phi) is 3.54. The van der Waals surface area contributed by atoms with Gasteiger partial charge < -0.3 is 15.4 Å². The van der Waals surface area contributed by atoms with Gasteiger partial charge in [-0.1, -0.05) is 11.6 Å². The summed E-state index contributed by atoms with van der Waals surface area (Å²) in [6.07, 6.45) is 4.42. The van der Waals surface area contributed by atoms with Crippen LogP contribution in [0.25, 0.3) is 0 Å². The van der Waals surface area contributed by atoms with Gasteiger partial charge in [-0.2, -0.15) is 0 Å². The minimum absolute atomic E-state index is 0.0672. The molecule has 2 aliphatic heterocycles. The molecule has 0 radical (unpaired) electrons. The highest BCUT2D eigenvalue weighted by molar-refractivity contribution is 6.33. The first-order valence-corrected chi connectivity index (χ1v) is 7.11. The van der Waals surface area contributed by atoms with Crippen molar-refractivity contribution in [3.8, 4) is 0 Å². The normalized spacial score (nSPS) is 28.6. The number of anilines is 1. The van der Waals surface area contributed by atoms with Gasteiger partial charge >= 0.3 is 0 Å². The number of hydrazine groups is 1. The second-order valence-electron chi connectivity index (χ2n) is 5.42. The van der Waals surface area contributed by atoms with Crippen LogP contribution in [0.5, 0.6) is 0 Å². The van der Waals surface area contributed by atoms with Gasteiger partial charge in [-0.25, -0.2) is 10.8 Å². The van der Waals surface area contributed by atoms with Crippen LogP contribution < -0.4 is 11.3 Å². The number of halogens is 1. The number of hydrogen-bond acceptors (Lipinski definition) is 5. The molecule has 108 valence electrons. The van der Waals surface area contributed by atoms with E-state index in [1.54, 1.807) is 6.07 Å². The lowest BCUT2D eigenvalue weighted by molar-refractivity contribution is 0.0286. The van der Waals surface area contributed by atoms with Gasteiger partial charge in [-0.15, -0.1) is 0 Å². The van der Waals surface area contributed by atoms with Crippen molar-refractivity contribution in [1.82, 2.24) is 9.88 Å². The molecule has 1 aromatic rings. The fraction of sp³-hybridized carbons (Fsp3) is 0.538. The molecule has 3 rings (SSSR count). The maximum absolute atomic E-state index is 12.6. The monoisotopic (exact) mass is 296 g/mol. The number of piperidine rings is 1. The molecule has 20 heavy (non-hydrogen) atoms. The SMILES string of the molecule is NNc1ncc(C(=O)N2C3CCC2CC(O)C3)cc1Cl. The Morgan fingerprint density at radius 2 is 2.10 bits per heavy atom. The molecule has 1 aromatic heterocycles. The molecule has 0 aliphatic carbocycles. The zero-order valence-corrected chi connectivity index (χ0v) is 11.7. The van der Waals surface area contributed by atoms with E-state index in [-0.39, 0.29) is 24.1 Å². The molecule has 2 aliphatic rings. The number of aliphatic hydroxyl groups excluding tert-OH is 1. The lowest BCUT2D eigenvalue weighted by atomic mass is 9.99. The van der Waals surface area contributed by atoms with Gasteiger partial charge in [0.05, 0.1) is 16.7 Å². The summed E-state index contributed by atoms with van der Waals surface area (Å²) in [7, 11) is 0. The summed E-state index contributed by atoms with van der Waals surface area (Å²) in [5.41, 5.74) is 2.84. The first-order valence-electron chi connectivity index (χ1n) is 6.73. The maximum Gasteiger partial charge on any atom is 0.255 e.